The van der Waals surface area contributed by atoms with Crippen LogP contribution in [0, 0.1) is 64.6 Å². The molecule has 1 saturated heterocycles. The van der Waals surface area contributed by atoms with Gasteiger partial charge < -0.3 is 20.6 Å². The fraction of sp³-hybridized carbons (Fsp3) is 0.810. The maximum Gasteiger partial charge on any atom is 0.253 e. The minimum absolute atomic E-state index is 0.000656. The second-order valence-corrected chi connectivity index (χ2v) is 19.5. The maximum absolute atomic E-state index is 13.7. The molecule has 12 nitrogen and oxygen atoms in total. The first-order valence-corrected chi connectivity index (χ1v) is 21.7. The molecule has 14 atom stereocenters. The van der Waals surface area contributed by atoms with Gasteiger partial charge in [-0.25, -0.2) is 0 Å². The molecule has 2 heterocycles. The number of Topliss-reactive ketones (excluding diaryl/α,β-unsaturated/α-hetero) is 2. The largest absolute Gasteiger partial charge is 0.393 e. The summed E-state index contributed by atoms with van der Waals surface area (Å²) in [5.74, 6) is 2.93. The fourth-order valence-corrected chi connectivity index (χ4v) is 13.7. The first kappa shape index (κ1) is 41.7. The van der Waals surface area contributed by atoms with Crippen LogP contribution in [0.1, 0.15) is 118 Å². The lowest BCUT2D eigenvalue weighted by molar-refractivity contribution is -0.223. The Balaban J connectivity index is 1.03. The Labute approximate surface area is 330 Å². The highest BCUT2D eigenvalue weighted by Gasteiger charge is 2.65. The number of azide groups is 1. The van der Waals surface area contributed by atoms with E-state index in [2.05, 4.69) is 42.0 Å². The van der Waals surface area contributed by atoms with E-state index in [1.807, 2.05) is 6.92 Å². The van der Waals surface area contributed by atoms with Gasteiger partial charge in [0.25, 0.3) is 5.91 Å². The minimum atomic E-state index is -0.823. The number of carbonyl (C=O) groups excluding carboxylic acids is 4. The van der Waals surface area contributed by atoms with Crippen molar-refractivity contribution in [2.75, 3.05) is 12.3 Å². The zero-order valence-corrected chi connectivity index (χ0v) is 33.8. The number of unbranched alkanes of at least 4 members (excludes halogenated alkanes) is 1. The van der Waals surface area contributed by atoms with Crippen LogP contribution in [0.5, 0.6) is 0 Å². The Morgan fingerprint density at radius 2 is 1.78 bits per heavy atom. The van der Waals surface area contributed by atoms with Crippen LogP contribution in [0.2, 0.25) is 0 Å². The number of terminal acetylenes is 1. The van der Waals surface area contributed by atoms with Gasteiger partial charge in [0.05, 0.1) is 24.0 Å². The van der Waals surface area contributed by atoms with Crippen LogP contribution < -0.4 is 5.32 Å². The zero-order chi connectivity index (χ0) is 39.8. The van der Waals surface area contributed by atoms with Gasteiger partial charge in [-0.3, -0.25) is 24.1 Å². The van der Waals surface area contributed by atoms with E-state index < -0.39 is 35.6 Å². The zero-order valence-electron chi connectivity index (χ0n) is 33.0. The van der Waals surface area contributed by atoms with E-state index in [-0.39, 0.29) is 77.8 Å². The first-order valence-electron chi connectivity index (χ1n) is 20.6. The van der Waals surface area contributed by atoms with Gasteiger partial charge in [-0.2, -0.15) is 0 Å². The number of allylic oxidation sites excluding steroid dienone is 1. The Hall–Kier alpha value is -2.88. The van der Waals surface area contributed by atoms with E-state index in [1.54, 1.807) is 0 Å². The lowest BCUT2D eigenvalue weighted by Crippen LogP contribution is -2.70. The molecule has 2 aliphatic heterocycles. The Morgan fingerprint density at radius 3 is 2.51 bits per heavy atom. The van der Waals surface area contributed by atoms with Crippen molar-refractivity contribution in [1.29, 1.82) is 0 Å². The summed E-state index contributed by atoms with van der Waals surface area (Å²) in [6.45, 7) is 8.70. The van der Waals surface area contributed by atoms with Gasteiger partial charge in [0.2, 0.25) is 5.91 Å². The molecule has 0 bridgehead atoms. The van der Waals surface area contributed by atoms with Crippen molar-refractivity contribution in [3.05, 3.63) is 21.7 Å². The standard InChI is InChI=1S/C42H61N5O7S/c1-6-7-8-9-26(48)18-25(21-44-46-43)19-32(50)36-24(3)22-55-40-35(39(54)47(36)40)45-33(51)13-10-23(2)28-11-12-29-34-30(15-17-41(28,29)4)42(5)16-14-27(49)20-31(42)37(52)38(34)53/h1,23,25,27-31,34-35,37-38,40,49,52-53H,7-22H2,2-5H3,(H,45,51). The monoisotopic (exact) mass is 779 g/mol. The van der Waals surface area contributed by atoms with Crippen LogP contribution in [0.15, 0.2) is 16.4 Å². The average Bonchev–Trinajstić information content (AvgIpc) is 3.51. The van der Waals surface area contributed by atoms with Crippen molar-refractivity contribution in [2.45, 2.75) is 147 Å². The number of fused-ring (bicyclic) bond motifs is 6. The topological polar surface area (TPSA) is 193 Å². The molecule has 6 aliphatic rings. The molecule has 6 rings (SSSR count). The van der Waals surface area contributed by atoms with Crippen LogP contribution in [0.25, 0.3) is 10.4 Å². The third-order valence-corrected chi connectivity index (χ3v) is 16.6. The highest BCUT2D eigenvalue weighted by Crippen LogP contribution is 2.68. The Bertz CT molecular complexity index is 1640. The number of thioether (sulfide) groups is 1. The van der Waals surface area contributed by atoms with Gasteiger partial charge in [-0.15, -0.1) is 24.1 Å². The molecular formula is C42H61N5O7S. The molecular weight excluding hydrogens is 719 g/mol. The van der Waals surface area contributed by atoms with Crippen LogP contribution in [-0.2, 0) is 19.2 Å². The molecule has 4 saturated carbocycles. The van der Waals surface area contributed by atoms with Gasteiger partial charge in [-0.1, -0.05) is 25.9 Å². The molecule has 14 unspecified atom stereocenters. The van der Waals surface area contributed by atoms with Crippen molar-refractivity contribution in [3.63, 3.8) is 0 Å². The molecule has 4 aliphatic carbocycles. The summed E-state index contributed by atoms with van der Waals surface area (Å²) in [6, 6.07) is -0.727. The number of nitrogens with one attached hydrogen (secondary N) is 1. The van der Waals surface area contributed by atoms with Crippen LogP contribution >= 0.6 is 11.8 Å². The molecule has 5 fully saturated rings. The molecule has 0 aromatic rings. The second-order valence-electron chi connectivity index (χ2n) is 18.3. The summed E-state index contributed by atoms with van der Waals surface area (Å²) in [6.07, 6.45) is 11.9. The molecule has 2 amide bonds. The van der Waals surface area contributed by atoms with E-state index in [0.29, 0.717) is 61.3 Å². The van der Waals surface area contributed by atoms with Crippen LogP contribution in [0.3, 0.4) is 0 Å². The molecule has 13 heteroatoms. The molecule has 0 spiro atoms. The fourth-order valence-electron chi connectivity index (χ4n) is 12.4. The van der Waals surface area contributed by atoms with Crippen LogP contribution in [0.4, 0.5) is 0 Å². The average molecular weight is 780 g/mol. The molecule has 0 aromatic heterocycles. The van der Waals surface area contributed by atoms with Crippen molar-refractivity contribution in [3.8, 4) is 12.3 Å². The predicted molar refractivity (Wildman–Crippen MR) is 210 cm³/mol. The van der Waals surface area contributed by atoms with Crippen LogP contribution in [-0.4, -0.2) is 85.6 Å². The van der Waals surface area contributed by atoms with Crippen molar-refractivity contribution in [2.24, 2.45) is 57.4 Å². The van der Waals surface area contributed by atoms with Gasteiger partial charge in [-0.05, 0) is 128 Å². The molecule has 302 valence electrons. The summed E-state index contributed by atoms with van der Waals surface area (Å²) in [5.41, 5.74) is 9.89. The number of hydrogen-bond donors (Lipinski definition) is 4. The number of aliphatic hydroxyl groups is 3. The van der Waals surface area contributed by atoms with Gasteiger partial charge in [0.1, 0.15) is 17.2 Å². The van der Waals surface area contributed by atoms with E-state index in [9.17, 15) is 34.5 Å². The molecule has 0 radical (unpaired) electrons. The van der Waals surface area contributed by atoms with Gasteiger partial charge >= 0.3 is 0 Å². The summed E-state index contributed by atoms with van der Waals surface area (Å²) in [7, 11) is 0. The normalized spacial score (nSPS) is 38.9. The number of β-lactam (4-membered cyclic amide) rings is 1. The first-order chi connectivity index (χ1) is 26.2. The lowest BCUT2D eigenvalue weighted by Gasteiger charge is -2.63. The molecule has 55 heavy (non-hydrogen) atoms. The van der Waals surface area contributed by atoms with Gasteiger partial charge in [0, 0.05) is 49.3 Å². The van der Waals surface area contributed by atoms with E-state index in [0.717, 1.165) is 44.1 Å². The number of hydrogen-bond acceptors (Lipinski definition) is 9. The Kier molecular flexibility index (Phi) is 12.8. The SMILES string of the molecule is C#CCCCC(=O)CC(CN=[N+]=[N-])CC(=O)C1=C(C)CSC2C(NC(=O)CCC(C)C3CCC4C5C(O)C(O)C6CC(O)CCC6(C)C5CCC34C)C(=O)N12. The van der Waals surface area contributed by atoms with Gasteiger partial charge in [0.15, 0.2) is 5.78 Å². The quantitative estimate of drug-likeness (QED) is 0.0407. The summed E-state index contributed by atoms with van der Waals surface area (Å²) in [4.78, 5) is 57.5. The third kappa shape index (κ3) is 7.88. The van der Waals surface area contributed by atoms with E-state index in [1.165, 1.54) is 16.7 Å². The summed E-state index contributed by atoms with van der Waals surface area (Å²) in [5, 5.41) is 39.7. The second kappa shape index (κ2) is 16.9. The van der Waals surface area contributed by atoms with E-state index in [4.69, 9.17) is 12.0 Å². The number of amides is 2. The summed E-state index contributed by atoms with van der Waals surface area (Å²) < 4.78 is 0. The highest BCUT2D eigenvalue weighted by molar-refractivity contribution is 8.00. The third-order valence-electron chi connectivity index (χ3n) is 15.2. The van der Waals surface area contributed by atoms with Crippen molar-refractivity contribution in [1.82, 2.24) is 10.2 Å². The molecule has 4 N–H and O–H groups in total. The van der Waals surface area contributed by atoms with Crippen molar-refractivity contribution >= 4 is 35.1 Å². The number of rotatable bonds is 15. The predicted octanol–water partition coefficient (Wildman–Crippen LogP) is 5.69. The Morgan fingerprint density at radius 1 is 1.05 bits per heavy atom. The summed E-state index contributed by atoms with van der Waals surface area (Å²) >= 11 is 1.52. The molecule has 0 aromatic carbocycles. The van der Waals surface area contributed by atoms with Crippen molar-refractivity contribution < 1.29 is 34.5 Å². The smallest absolute Gasteiger partial charge is 0.253 e. The number of carbonyl (C=O) groups is 4. The number of nitrogens with zero attached hydrogens (tertiary/aromatic N) is 4. The van der Waals surface area contributed by atoms with E-state index >= 15 is 0 Å². The maximum atomic E-state index is 13.7. The number of ketones is 2. The highest BCUT2D eigenvalue weighted by atomic mass is 32.2. The minimum Gasteiger partial charge on any atom is -0.393 e. The lowest BCUT2D eigenvalue weighted by atomic mass is 9.43. The number of aliphatic hydroxyl groups excluding tert-OH is 3.